The van der Waals surface area contributed by atoms with Crippen LogP contribution in [0.2, 0.25) is 0 Å². The van der Waals surface area contributed by atoms with E-state index in [1.165, 1.54) is 7.11 Å². The highest BCUT2D eigenvalue weighted by Gasteiger charge is 2.37. The number of methoxy groups -OCH3 is 1. The molecule has 5 nitrogen and oxygen atoms in total. The second kappa shape index (κ2) is 3.81. The van der Waals surface area contributed by atoms with Gasteiger partial charge in [-0.3, -0.25) is 0 Å². The van der Waals surface area contributed by atoms with E-state index < -0.39 is 0 Å². The molecule has 0 amide bonds. The van der Waals surface area contributed by atoms with E-state index in [9.17, 15) is 4.79 Å². The zero-order valence-electron chi connectivity index (χ0n) is 10.2. The fourth-order valence-corrected chi connectivity index (χ4v) is 2.28. The van der Waals surface area contributed by atoms with Gasteiger partial charge in [-0.05, 0) is 37.5 Å². The lowest BCUT2D eigenvalue weighted by Gasteiger charge is -2.35. The Hall–Kier alpha value is -1.88. The maximum atomic E-state index is 11.4. The van der Waals surface area contributed by atoms with E-state index in [-0.39, 0.29) is 11.5 Å². The number of fused-ring (bicyclic) bond motifs is 1. The van der Waals surface area contributed by atoms with Crippen molar-refractivity contribution in [2.45, 2.75) is 24.8 Å². The molecule has 2 aromatic rings. The summed E-state index contributed by atoms with van der Waals surface area (Å²) in [5.74, 6) is 0.463. The monoisotopic (exact) mass is 245 g/mol. The van der Waals surface area contributed by atoms with Crippen molar-refractivity contribution in [3.05, 3.63) is 29.6 Å². The molecule has 0 bridgehead atoms. The van der Waals surface area contributed by atoms with E-state index in [0.717, 1.165) is 36.1 Å². The van der Waals surface area contributed by atoms with E-state index in [1.807, 2.05) is 6.07 Å². The molecule has 1 aliphatic rings. The molecular weight excluding hydrogens is 230 g/mol. The molecule has 1 aliphatic carbocycles. The summed E-state index contributed by atoms with van der Waals surface area (Å²) in [4.78, 5) is 19.2. The molecule has 0 radical (unpaired) electrons. The maximum absolute atomic E-state index is 11.4. The van der Waals surface area contributed by atoms with Crippen LogP contribution in [0.5, 0.6) is 0 Å². The van der Waals surface area contributed by atoms with E-state index >= 15 is 0 Å². The molecular formula is C13H15N3O2. The van der Waals surface area contributed by atoms with Crippen LogP contribution in [0.15, 0.2) is 18.2 Å². The summed E-state index contributed by atoms with van der Waals surface area (Å²) in [5.41, 5.74) is 8.08. The van der Waals surface area contributed by atoms with Crippen LogP contribution in [0, 0.1) is 0 Å². The van der Waals surface area contributed by atoms with Gasteiger partial charge in [0.25, 0.3) is 0 Å². The number of nitrogens with one attached hydrogen (secondary N) is 1. The Morgan fingerprint density at radius 1 is 1.50 bits per heavy atom. The number of imidazole rings is 1. The summed E-state index contributed by atoms with van der Waals surface area (Å²) < 4.78 is 4.69. The van der Waals surface area contributed by atoms with Gasteiger partial charge in [-0.25, -0.2) is 9.78 Å². The average Bonchev–Trinajstić information content (AvgIpc) is 2.77. The molecule has 1 aromatic heterocycles. The highest BCUT2D eigenvalue weighted by Crippen LogP contribution is 2.37. The number of rotatable bonds is 2. The molecule has 1 saturated carbocycles. The lowest BCUT2D eigenvalue weighted by Crippen LogP contribution is -2.44. The molecule has 0 aliphatic heterocycles. The Morgan fingerprint density at radius 3 is 2.89 bits per heavy atom. The minimum Gasteiger partial charge on any atom is -0.465 e. The minimum absolute atomic E-state index is 0.315. The quantitative estimate of drug-likeness (QED) is 0.789. The molecule has 1 aromatic carbocycles. The fourth-order valence-electron chi connectivity index (χ4n) is 2.28. The van der Waals surface area contributed by atoms with Crippen molar-refractivity contribution in [1.29, 1.82) is 0 Å². The first-order valence-electron chi connectivity index (χ1n) is 6.00. The van der Waals surface area contributed by atoms with Gasteiger partial charge in [-0.2, -0.15) is 0 Å². The van der Waals surface area contributed by atoms with E-state index in [1.54, 1.807) is 12.1 Å². The second-order valence-electron chi connectivity index (χ2n) is 4.82. The van der Waals surface area contributed by atoms with Crippen LogP contribution < -0.4 is 5.73 Å². The van der Waals surface area contributed by atoms with Crippen LogP contribution in [0.4, 0.5) is 0 Å². The van der Waals surface area contributed by atoms with Crippen LogP contribution in [0.3, 0.4) is 0 Å². The molecule has 1 heterocycles. The summed E-state index contributed by atoms with van der Waals surface area (Å²) in [6.07, 6.45) is 3.05. The molecule has 0 spiro atoms. The van der Waals surface area contributed by atoms with Crippen molar-refractivity contribution in [2.24, 2.45) is 5.73 Å². The zero-order valence-corrected chi connectivity index (χ0v) is 10.2. The summed E-state index contributed by atoms with van der Waals surface area (Å²) in [6.45, 7) is 0. The topological polar surface area (TPSA) is 81.0 Å². The SMILES string of the molecule is COC(=O)c1ccc2nc(C3(N)CCC3)[nH]c2c1. The van der Waals surface area contributed by atoms with Gasteiger partial charge in [0.1, 0.15) is 5.82 Å². The third-order valence-electron chi connectivity index (χ3n) is 3.62. The summed E-state index contributed by atoms with van der Waals surface area (Å²) in [7, 11) is 1.37. The third-order valence-corrected chi connectivity index (χ3v) is 3.62. The second-order valence-corrected chi connectivity index (χ2v) is 4.82. The Kier molecular flexibility index (Phi) is 2.38. The van der Waals surface area contributed by atoms with Crippen LogP contribution in [0.1, 0.15) is 35.4 Å². The normalized spacial score (nSPS) is 17.4. The number of esters is 1. The molecule has 5 heteroatoms. The number of carbonyl (C=O) groups excluding carboxylic acids is 1. The number of nitrogens with zero attached hydrogens (tertiary/aromatic N) is 1. The Labute approximate surface area is 104 Å². The Morgan fingerprint density at radius 2 is 2.28 bits per heavy atom. The van der Waals surface area contributed by atoms with Crippen LogP contribution in [-0.4, -0.2) is 23.0 Å². The van der Waals surface area contributed by atoms with Gasteiger partial charge < -0.3 is 15.5 Å². The third kappa shape index (κ3) is 1.59. The predicted octanol–water partition coefficient (Wildman–Crippen LogP) is 1.69. The Balaban J connectivity index is 2.04. The minimum atomic E-state index is -0.348. The number of nitrogens with two attached hydrogens (primary N) is 1. The lowest BCUT2D eigenvalue weighted by molar-refractivity contribution is 0.0601. The molecule has 0 atom stereocenters. The number of carbonyl (C=O) groups is 1. The number of aromatic nitrogens is 2. The number of aromatic amines is 1. The first-order valence-corrected chi connectivity index (χ1v) is 6.00. The van der Waals surface area contributed by atoms with Gasteiger partial charge in [0, 0.05) is 0 Å². The van der Waals surface area contributed by atoms with Gasteiger partial charge in [-0.1, -0.05) is 0 Å². The zero-order chi connectivity index (χ0) is 12.8. The number of benzene rings is 1. The number of hydrogen-bond donors (Lipinski definition) is 2. The van der Waals surface area contributed by atoms with E-state index in [0.29, 0.717) is 5.56 Å². The van der Waals surface area contributed by atoms with Crippen LogP contribution in [-0.2, 0) is 10.3 Å². The first-order chi connectivity index (χ1) is 8.62. The standard InChI is InChI=1S/C13H15N3O2/c1-18-11(17)8-3-4-9-10(7-8)16-12(15-9)13(14)5-2-6-13/h3-4,7H,2,5-6,14H2,1H3,(H,15,16). The highest BCUT2D eigenvalue weighted by molar-refractivity contribution is 5.93. The summed E-state index contributed by atoms with van der Waals surface area (Å²) in [5, 5.41) is 0. The van der Waals surface area contributed by atoms with Crippen molar-refractivity contribution in [3.63, 3.8) is 0 Å². The predicted molar refractivity (Wildman–Crippen MR) is 67.1 cm³/mol. The number of hydrogen-bond acceptors (Lipinski definition) is 4. The van der Waals surface area contributed by atoms with Crippen molar-refractivity contribution in [3.8, 4) is 0 Å². The largest absolute Gasteiger partial charge is 0.465 e. The Bertz CT molecular complexity index is 614. The van der Waals surface area contributed by atoms with Crippen LogP contribution >= 0.6 is 0 Å². The van der Waals surface area contributed by atoms with Gasteiger partial charge >= 0.3 is 5.97 Å². The molecule has 3 rings (SSSR count). The van der Waals surface area contributed by atoms with Crippen molar-refractivity contribution in [2.75, 3.05) is 7.11 Å². The summed E-state index contributed by atoms with van der Waals surface area (Å²) in [6, 6.07) is 5.27. The number of H-pyrrole nitrogens is 1. The first kappa shape index (κ1) is 11.2. The van der Waals surface area contributed by atoms with E-state index in [4.69, 9.17) is 10.5 Å². The van der Waals surface area contributed by atoms with Crippen molar-refractivity contribution >= 4 is 17.0 Å². The highest BCUT2D eigenvalue weighted by atomic mass is 16.5. The maximum Gasteiger partial charge on any atom is 0.337 e. The molecule has 0 saturated heterocycles. The van der Waals surface area contributed by atoms with Crippen molar-refractivity contribution in [1.82, 2.24) is 9.97 Å². The molecule has 3 N–H and O–H groups in total. The van der Waals surface area contributed by atoms with Crippen LogP contribution in [0.25, 0.3) is 11.0 Å². The van der Waals surface area contributed by atoms with E-state index in [2.05, 4.69) is 9.97 Å². The molecule has 1 fully saturated rings. The van der Waals surface area contributed by atoms with Crippen molar-refractivity contribution < 1.29 is 9.53 Å². The summed E-state index contributed by atoms with van der Waals surface area (Å²) >= 11 is 0. The van der Waals surface area contributed by atoms with Gasteiger partial charge in [0.2, 0.25) is 0 Å². The number of ether oxygens (including phenoxy) is 1. The lowest BCUT2D eigenvalue weighted by atomic mass is 9.77. The van der Waals surface area contributed by atoms with Gasteiger partial charge in [-0.15, -0.1) is 0 Å². The van der Waals surface area contributed by atoms with Gasteiger partial charge in [0.05, 0.1) is 29.2 Å². The molecule has 0 unspecified atom stereocenters. The van der Waals surface area contributed by atoms with Gasteiger partial charge in [0.15, 0.2) is 0 Å². The molecule has 94 valence electrons. The molecule has 18 heavy (non-hydrogen) atoms. The average molecular weight is 245 g/mol. The fraction of sp³-hybridized carbons (Fsp3) is 0.385. The smallest absolute Gasteiger partial charge is 0.337 e.